The van der Waals surface area contributed by atoms with Crippen LogP contribution >= 0.6 is 11.8 Å². The molecule has 0 aliphatic carbocycles. The molecular formula is C11H15FN2O2S. The van der Waals surface area contributed by atoms with Crippen molar-refractivity contribution < 1.29 is 9.31 Å². The molecule has 0 amide bonds. The second-order valence-electron chi connectivity index (χ2n) is 3.66. The first-order chi connectivity index (χ1) is 8.06. The van der Waals surface area contributed by atoms with E-state index in [4.69, 9.17) is 0 Å². The lowest BCUT2D eigenvalue weighted by molar-refractivity contribution is -0.385. The Labute approximate surface area is 104 Å². The number of non-ortho nitro benzene ring substituents is 1. The number of anilines is 1. The first-order valence-corrected chi connectivity index (χ1v) is 6.66. The highest BCUT2D eigenvalue weighted by molar-refractivity contribution is 7.98. The molecule has 1 N–H and O–H groups in total. The molecular weight excluding hydrogens is 243 g/mol. The molecule has 0 saturated heterocycles. The van der Waals surface area contributed by atoms with Gasteiger partial charge in [-0.3, -0.25) is 10.1 Å². The normalized spacial score (nSPS) is 12.2. The number of hydrogen-bond donors (Lipinski definition) is 1. The molecule has 1 aromatic carbocycles. The zero-order valence-corrected chi connectivity index (χ0v) is 10.6. The highest BCUT2D eigenvalue weighted by atomic mass is 32.2. The number of thioether (sulfide) groups is 1. The molecule has 0 aliphatic heterocycles. The molecule has 0 fully saturated rings. The van der Waals surface area contributed by atoms with Gasteiger partial charge in [-0.05, 0) is 18.7 Å². The number of nitro benzene ring substituents is 1. The smallest absolute Gasteiger partial charge is 0.274 e. The minimum absolute atomic E-state index is 0.186. The monoisotopic (exact) mass is 258 g/mol. The highest BCUT2D eigenvalue weighted by Crippen LogP contribution is 2.21. The van der Waals surface area contributed by atoms with Crippen molar-refractivity contribution in [1.82, 2.24) is 0 Å². The Morgan fingerprint density at radius 3 is 2.76 bits per heavy atom. The molecule has 1 unspecified atom stereocenters. The zero-order valence-electron chi connectivity index (χ0n) is 9.77. The van der Waals surface area contributed by atoms with Gasteiger partial charge >= 0.3 is 0 Å². The first-order valence-electron chi connectivity index (χ1n) is 5.27. The van der Waals surface area contributed by atoms with Crippen LogP contribution in [0.2, 0.25) is 0 Å². The van der Waals surface area contributed by atoms with E-state index in [-0.39, 0.29) is 11.7 Å². The maximum atomic E-state index is 13.2. The summed E-state index contributed by atoms with van der Waals surface area (Å²) in [5.41, 5.74) is 0.226. The van der Waals surface area contributed by atoms with Crippen LogP contribution in [-0.4, -0.2) is 23.0 Å². The van der Waals surface area contributed by atoms with E-state index < -0.39 is 10.7 Å². The Bertz CT molecular complexity index is 401. The molecule has 1 aromatic rings. The number of nitrogens with zero attached hydrogens (tertiary/aromatic N) is 1. The van der Waals surface area contributed by atoms with Crippen LogP contribution < -0.4 is 5.32 Å². The van der Waals surface area contributed by atoms with Crippen molar-refractivity contribution in [3.63, 3.8) is 0 Å². The topological polar surface area (TPSA) is 55.2 Å². The molecule has 0 saturated carbocycles. The van der Waals surface area contributed by atoms with Crippen molar-refractivity contribution in [3.8, 4) is 0 Å². The van der Waals surface area contributed by atoms with Gasteiger partial charge in [0, 0.05) is 23.5 Å². The van der Waals surface area contributed by atoms with Gasteiger partial charge in [0.05, 0.1) is 11.0 Å². The average molecular weight is 258 g/mol. The molecule has 0 spiro atoms. The van der Waals surface area contributed by atoms with Gasteiger partial charge in [0.1, 0.15) is 5.82 Å². The molecule has 6 heteroatoms. The van der Waals surface area contributed by atoms with Gasteiger partial charge in [-0.15, -0.1) is 0 Å². The van der Waals surface area contributed by atoms with E-state index in [9.17, 15) is 14.5 Å². The van der Waals surface area contributed by atoms with Gasteiger partial charge in [0.25, 0.3) is 5.69 Å². The van der Waals surface area contributed by atoms with E-state index in [1.54, 1.807) is 11.8 Å². The lowest BCUT2D eigenvalue weighted by atomic mass is 10.2. The fourth-order valence-electron chi connectivity index (χ4n) is 1.46. The average Bonchev–Trinajstić information content (AvgIpc) is 2.27. The van der Waals surface area contributed by atoms with Crippen molar-refractivity contribution in [2.24, 2.45) is 0 Å². The predicted octanol–water partition coefficient (Wildman–Crippen LogP) is 3.29. The second-order valence-corrected chi connectivity index (χ2v) is 4.57. The number of hydrogen-bond acceptors (Lipinski definition) is 4. The summed E-state index contributed by atoms with van der Waals surface area (Å²) in [4.78, 5) is 10.00. The summed E-state index contributed by atoms with van der Waals surface area (Å²) in [5.74, 6) is 0.279. The van der Waals surface area contributed by atoms with Crippen LogP contribution in [0.25, 0.3) is 0 Å². The summed E-state index contributed by atoms with van der Waals surface area (Å²) >= 11 is 1.68. The molecule has 0 heterocycles. The number of nitro groups is 1. The second kappa shape index (κ2) is 6.44. The largest absolute Gasteiger partial charge is 0.381 e. The Morgan fingerprint density at radius 1 is 1.53 bits per heavy atom. The molecule has 0 radical (unpaired) electrons. The lowest BCUT2D eigenvalue weighted by Crippen LogP contribution is -2.21. The van der Waals surface area contributed by atoms with Crippen molar-refractivity contribution >= 4 is 23.1 Å². The van der Waals surface area contributed by atoms with Crippen LogP contribution in [0.4, 0.5) is 15.8 Å². The van der Waals surface area contributed by atoms with E-state index in [1.165, 1.54) is 12.1 Å². The summed E-state index contributed by atoms with van der Waals surface area (Å²) in [5, 5.41) is 13.7. The Balaban J connectivity index is 2.86. The number of benzene rings is 1. The third kappa shape index (κ3) is 4.22. The predicted molar refractivity (Wildman–Crippen MR) is 69.1 cm³/mol. The molecule has 0 aliphatic rings. The van der Waals surface area contributed by atoms with Crippen molar-refractivity contribution in [2.45, 2.75) is 19.4 Å². The minimum Gasteiger partial charge on any atom is -0.381 e. The molecule has 1 rings (SSSR count). The maximum Gasteiger partial charge on any atom is 0.274 e. The number of halogens is 1. The quantitative estimate of drug-likeness (QED) is 0.628. The Hall–Kier alpha value is -1.30. The third-order valence-corrected chi connectivity index (χ3v) is 3.06. The SMILES string of the molecule is CCC(CSC)Nc1cc(F)cc([N+](=O)[O-])c1. The van der Waals surface area contributed by atoms with Gasteiger partial charge < -0.3 is 5.32 Å². The summed E-state index contributed by atoms with van der Waals surface area (Å²) in [6.07, 6.45) is 2.86. The molecule has 0 bridgehead atoms. The van der Waals surface area contributed by atoms with Crippen LogP contribution in [0.15, 0.2) is 18.2 Å². The van der Waals surface area contributed by atoms with E-state index in [1.807, 2.05) is 13.2 Å². The summed E-state index contributed by atoms with van der Waals surface area (Å²) in [6, 6.07) is 3.73. The van der Waals surface area contributed by atoms with Crippen LogP contribution in [0.1, 0.15) is 13.3 Å². The fourth-order valence-corrected chi connectivity index (χ4v) is 2.18. The molecule has 1 atom stereocenters. The summed E-state index contributed by atoms with van der Waals surface area (Å²) in [6.45, 7) is 2.02. The summed E-state index contributed by atoms with van der Waals surface area (Å²) in [7, 11) is 0. The van der Waals surface area contributed by atoms with Crippen molar-refractivity contribution in [1.29, 1.82) is 0 Å². The number of rotatable bonds is 6. The van der Waals surface area contributed by atoms with Gasteiger partial charge in [-0.2, -0.15) is 11.8 Å². The fraction of sp³-hybridized carbons (Fsp3) is 0.455. The van der Waals surface area contributed by atoms with E-state index in [0.29, 0.717) is 5.69 Å². The van der Waals surface area contributed by atoms with Gasteiger partial charge in [0.15, 0.2) is 0 Å². The van der Waals surface area contributed by atoms with Gasteiger partial charge in [-0.1, -0.05) is 6.92 Å². The summed E-state index contributed by atoms with van der Waals surface area (Å²) < 4.78 is 13.2. The van der Waals surface area contributed by atoms with Crippen LogP contribution in [0.5, 0.6) is 0 Å². The van der Waals surface area contributed by atoms with Crippen molar-refractivity contribution in [2.75, 3.05) is 17.3 Å². The van der Waals surface area contributed by atoms with Crippen molar-refractivity contribution in [3.05, 3.63) is 34.1 Å². The molecule has 0 aromatic heterocycles. The van der Waals surface area contributed by atoms with Crippen LogP contribution in [0, 0.1) is 15.9 Å². The highest BCUT2D eigenvalue weighted by Gasteiger charge is 2.12. The van der Waals surface area contributed by atoms with Crippen LogP contribution in [0.3, 0.4) is 0 Å². The van der Waals surface area contributed by atoms with Gasteiger partial charge in [0.2, 0.25) is 0 Å². The van der Waals surface area contributed by atoms with E-state index in [2.05, 4.69) is 5.32 Å². The van der Waals surface area contributed by atoms with E-state index in [0.717, 1.165) is 18.2 Å². The van der Waals surface area contributed by atoms with E-state index >= 15 is 0 Å². The Kier molecular flexibility index (Phi) is 5.21. The molecule has 17 heavy (non-hydrogen) atoms. The first kappa shape index (κ1) is 13.8. The molecule has 94 valence electrons. The maximum absolute atomic E-state index is 13.2. The number of nitrogens with one attached hydrogen (secondary N) is 1. The Morgan fingerprint density at radius 2 is 2.24 bits per heavy atom. The van der Waals surface area contributed by atoms with Gasteiger partial charge in [-0.25, -0.2) is 4.39 Å². The third-order valence-electron chi connectivity index (χ3n) is 2.32. The standard InChI is InChI=1S/C11H15FN2O2S/c1-3-9(7-17-2)13-10-4-8(12)5-11(6-10)14(15)16/h4-6,9,13H,3,7H2,1-2H3. The molecule has 4 nitrogen and oxygen atoms in total. The zero-order chi connectivity index (χ0) is 12.8. The minimum atomic E-state index is -0.597. The van der Waals surface area contributed by atoms with Crippen LogP contribution in [-0.2, 0) is 0 Å². The lowest BCUT2D eigenvalue weighted by Gasteiger charge is -2.16.